The van der Waals surface area contributed by atoms with Crippen molar-refractivity contribution in [3.8, 4) is 16.8 Å². The molecular weight excluding hydrogens is 705 g/mol. The first-order valence-corrected chi connectivity index (χ1v) is 19.8. The van der Waals surface area contributed by atoms with Gasteiger partial charge in [0, 0.05) is 49.3 Å². The van der Waals surface area contributed by atoms with Crippen LogP contribution in [0.1, 0.15) is 12.5 Å². The molecule has 11 rings (SSSR count). The summed E-state index contributed by atoms with van der Waals surface area (Å²) < 4.78 is 7.05. The van der Waals surface area contributed by atoms with Crippen LogP contribution in [0.2, 0.25) is 0 Å². The molecule has 0 fully saturated rings. The Hall–Kier alpha value is -7.69. The van der Waals surface area contributed by atoms with Gasteiger partial charge in [0.25, 0.3) is 0 Å². The molecule has 4 nitrogen and oxygen atoms in total. The van der Waals surface area contributed by atoms with Crippen LogP contribution in [0.4, 0.5) is 0 Å². The standard InChI is InChI=1S/C54H38N4/c1-36(56-49-28-13-9-24-42(49)43-25-10-14-29-50(43)56)34-48(39-20-7-4-8-21-39)55-37(2)57-51-30-15-11-26-44(51)46-32-33-47-45-27-12-16-31-52(45)58(54(47)53(46)57)41-23-17-22-40(35-41)38-18-5-3-6-19-38/h3-35H,2H2,1H3/b36-34+,55-48+. The number of benzene rings is 8. The van der Waals surface area contributed by atoms with E-state index >= 15 is 0 Å². The molecule has 0 spiro atoms. The van der Waals surface area contributed by atoms with Gasteiger partial charge in [0.1, 0.15) is 5.82 Å². The summed E-state index contributed by atoms with van der Waals surface area (Å²) in [6, 6.07) is 69.1. The summed E-state index contributed by atoms with van der Waals surface area (Å²) in [5, 5.41) is 7.15. The van der Waals surface area contributed by atoms with E-state index in [-0.39, 0.29) is 0 Å². The molecule has 4 heteroatoms. The molecule has 0 radical (unpaired) electrons. The van der Waals surface area contributed by atoms with E-state index in [1.165, 1.54) is 32.7 Å². The number of allylic oxidation sites excluding steroid dienone is 2. The topological polar surface area (TPSA) is 27.1 Å². The van der Waals surface area contributed by atoms with Crippen molar-refractivity contribution in [1.29, 1.82) is 0 Å². The summed E-state index contributed by atoms with van der Waals surface area (Å²) in [6.45, 7) is 6.95. The van der Waals surface area contributed by atoms with Crippen LogP contribution in [0.15, 0.2) is 212 Å². The van der Waals surface area contributed by atoms with Gasteiger partial charge in [-0.2, -0.15) is 0 Å². The molecule has 3 heterocycles. The maximum absolute atomic E-state index is 5.50. The first kappa shape index (κ1) is 33.6. The maximum Gasteiger partial charge on any atom is 0.131 e. The van der Waals surface area contributed by atoms with Crippen LogP contribution in [-0.2, 0) is 0 Å². The Labute approximate surface area is 336 Å². The van der Waals surface area contributed by atoms with Crippen LogP contribution in [0.5, 0.6) is 0 Å². The molecule has 274 valence electrons. The predicted octanol–water partition coefficient (Wildman–Crippen LogP) is 14.1. The highest BCUT2D eigenvalue weighted by Crippen LogP contribution is 2.42. The van der Waals surface area contributed by atoms with Gasteiger partial charge in [-0.25, -0.2) is 4.99 Å². The van der Waals surface area contributed by atoms with Crippen molar-refractivity contribution in [2.75, 3.05) is 0 Å². The zero-order valence-corrected chi connectivity index (χ0v) is 32.0. The highest BCUT2D eigenvalue weighted by Gasteiger charge is 2.22. The summed E-state index contributed by atoms with van der Waals surface area (Å²) in [5.74, 6) is 0.638. The molecule has 11 aromatic rings. The van der Waals surface area contributed by atoms with Gasteiger partial charge in [-0.1, -0.05) is 164 Å². The monoisotopic (exact) mass is 742 g/mol. The number of aromatic nitrogens is 3. The first-order valence-electron chi connectivity index (χ1n) is 19.8. The summed E-state index contributed by atoms with van der Waals surface area (Å²) >= 11 is 0. The Bertz CT molecular complexity index is 3410. The Morgan fingerprint density at radius 2 is 0.931 bits per heavy atom. The molecule has 8 aromatic carbocycles. The van der Waals surface area contributed by atoms with Crippen LogP contribution < -0.4 is 0 Å². The lowest BCUT2D eigenvalue weighted by Crippen LogP contribution is -2.04. The molecule has 0 unspecified atom stereocenters. The maximum atomic E-state index is 5.50. The molecule has 0 aliphatic carbocycles. The average Bonchev–Trinajstić information content (AvgIpc) is 3.93. The van der Waals surface area contributed by atoms with E-state index in [4.69, 9.17) is 11.6 Å². The zero-order chi connectivity index (χ0) is 38.7. The molecule has 0 atom stereocenters. The van der Waals surface area contributed by atoms with Gasteiger partial charge >= 0.3 is 0 Å². The van der Waals surface area contributed by atoms with Crippen LogP contribution in [0.25, 0.3) is 93.7 Å². The number of aliphatic imine (C=N–C) groups is 1. The van der Waals surface area contributed by atoms with Gasteiger partial charge in [0.05, 0.1) is 38.8 Å². The quantitative estimate of drug-likeness (QED) is 0.145. The molecule has 0 saturated heterocycles. The number of hydrogen-bond acceptors (Lipinski definition) is 1. The minimum absolute atomic E-state index is 0.638. The lowest BCUT2D eigenvalue weighted by Gasteiger charge is -2.14. The van der Waals surface area contributed by atoms with E-state index < -0.39 is 0 Å². The highest BCUT2D eigenvalue weighted by atomic mass is 15.1. The number of nitrogens with zero attached hydrogens (tertiary/aromatic N) is 4. The van der Waals surface area contributed by atoms with E-state index in [1.54, 1.807) is 0 Å². The van der Waals surface area contributed by atoms with Crippen LogP contribution in [0, 0.1) is 0 Å². The SMILES string of the molecule is C=C(/N=C(\C=C(/C)n1c2ccccc2c2ccccc21)c1ccccc1)n1c2ccccc2c2ccc3c4ccccc4n(-c4cccc(-c5ccccc5)c4)c3c21. The Morgan fingerprint density at radius 1 is 0.448 bits per heavy atom. The summed E-state index contributed by atoms with van der Waals surface area (Å²) in [5.41, 5.74) is 13.1. The lowest BCUT2D eigenvalue weighted by molar-refractivity contribution is 1.15. The third-order valence-electron chi connectivity index (χ3n) is 11.5. The minimum atomic E-state index is 0.638. The third kappa shape index (κ3) is 5.26. The van der Waals surface area contributed by atoms with Crippen molar-refractivity contribution in [2.45, 2.75) is 6.92 Å². The Balaban J connectivity index is 1.18. The summed E-state index contributed by atoms with van der Waals surface area (Å²) in [4.78, 5) is 5.50. The minimum Gasteiger partial charge on any atom is -0.313 e. The van der Waals surface area contributed by atoms with E-state index in [2.05, 4.69) is 221 Å². The van der Waals surface area contributed by atoms with Gasteiger partial charge in [-0.05, 0) is 60.5 Å². The number of fused-ring (bicyclic) bond motifs is 10. The Morgan fingerprint density at radius 3 is 1.57 bits per heavy atom. The third-order valence-corrected chi connectivity index (χ3v) is 11.5. The largest absolute Gasteiger partial charge is 0.313 e. The molecule has 58 heavy (non-hydrogen) atoms. The fourth-order valence-corrected chi connectivity index (χ4v) is 9.04. The fourth-order valence-electron chi connectivity index (χ4n) is 9.04. The molecule has 0 aliphatic rings. The van der Waals surface area contributed by atoms with Crippen molar-refractivity contribution >= 4 is 82.6 Å². The second kappa shape index (κ2) is 13.5. The van der Waals surface area contributed by atoms with Crippen molar-refractivity contribution in [3.63, 3.8) is 0 Å². The second-order valence-corrected chi connectivity index (χ2v) is 14.9. The molecule has 0 amide bonds. The van der Waals surface area contributed by atoms with E-state index in [9.17, 15) is 0 Å². The van der Waals surface area contributed by atoms with Crippen LogP contribution >= 0.6 is 0 Å². The summed E-state index contributed by atoms with van der Waals surface area (Å²) in [6.07, 6.45) is 2.20. The lowest BCUT2D eigenvalue weighted by atomic mass is 10.1. The van der Waals surface area contributed by atoms with Crippen molar-refractivity contribution in [3.05, 3.63) is 212 Å². The van der Waals surface area contributed by atoms with E-state index in [1.807, 2.05) is 0 Å². The molecule has 0 saturated carbocycles. The van der Waals surface area contributed by atoms with Crippen LogP contribution in [-0.4, -0.2) is 19.4 Å². The van der Waals surface area contributed by atoms with Crippen molar-refractivity contribution in [2.24, 2.45) is 4.99 Å². The van der Waals surface area contributed by atoms with Gasteiger partial charge < -0.3 is 9.13 Å². The normalized spacial score (nSPS) is 12.5. The van der Waals surface area contributed by atoms with E-state index in [0.717, 1.165) is 66.5 Å². The van der Waals surface area contributed by atoms with Gasteiger partial charge in [-0.15, -0.1) is 0 Å². The molecule has 3 aromatic heterocycles. The van der Waals surface area contributed by atoms with E-state index in [0.29, 0.717) is 5.82 Å². The average molecular weight is 743 g/mol. The van der Waals surface area contributed by atoms with Crippen molar-refractivity contribution < 1.29 is 0 Å². The number of hydrogen-bond donors (Lipinski definition) is 0. The molecule has 0 aliphatic heterocycles. The Kier molecular flexibility index (Phi) is 7.83. The smallest absolute Gasteiger partial charge is 0.131 e. The fraction of sp³-hybridized carbons (Fsp3) is 0.0185. The summed E-state index contributed by atoms with van der Waals surface area (Å²) in [7, 11) is 0. The molecule has 0 bridgehead atoms. The van der Waals surface area contributed by atoms with Crippen molar-refractivity contribution in [1.82, 2.24) is 13.7 Å². The number of para-hydroxylation sites is 4. The van der Waals surface area contributed by atoms with Gasteiger partial charge in [-0.3, -0.25) is 4.57 Å². The zero-order valence-electron chi connectivity index (χ0n) is 32.0. The predicted molar refractivity (Wildman–Crippen MR) is 247 cm³/mol. The van der Waals surface area contributed by atoms with Crippen LogP contribution in [0.3, 0.4) is 0 Å². The highest BCUT2D eigenvalue weighted by molar-refractivity contribution is 6.24. The van der Waals surface area contributed by atoms with Gasteiger partial charge in [0.2, 0.25) is 0 Å². The molecular formula is C54H38N4. The molecule has 0 N–H and O–H groups in total. The second-order valence-electron chi connectivity index (χ2n) is 14.9. The first-order chi connectivity index (χ1) is 28.6. The van der Waals surface area contributed by atoms with Gasteiger partial charge in [0.15, 0.2) is 0 Å². The number of rotatable bonds is 7.